The van der Waals surface area contributed by atoms with Crippen molar-refractivity contribution in [1.82, 2.24) is 15.5 Å². The predicted octanol–water partition coefficient (Wildman–Crippen LogP) is 2.66. The molecule has 0 fully saturated rings. The Hall–Kier alpha value is -2.17. The molecule has 0 saturated carbocycles. The Kier molecular flexibility index (Phi) is 5.31. The molecule has 1 N–H and O–H groups in total. The van der Waals surface area contributed by atoms with E-state index < -0.39 is 0 Å². The van der Waals surface area contributed by atoms with Gasteiger partial charge < -0.3 is 9.84 Å². The molecule has 1 aromatic heterocycles. The Bertz CT molecular complexity index is 600. The van der Waals surface area contributed by atoms with Gasteiger partial charge in [0.25, 0.3) is 0 Å². The zero-order valence-electron chi connectivity index (χ0n) is 13.4. The van der Waals surface area contributed by atoms with Gasteiger partial charge in [0, 0.05) is 24.8 Å². The van der Waals surface area contributed by atoms with Crippen molar-refractivity contribution in [1.29, 1.82) is 0 Å². The highest BCUT2D eigenvalue weighted by Gasteiger charge is 2.21. The summed E-state index contributed by atoms with van der Waals surface area (Å²) < 4.78 is 5.17. The first-order chi connectivity index (χ1) is 10.4. The van der Waals surface area contributed by atoms with E-state index in [9.17, 15) is 4.79 Å². The van der Waals surface area contributed by atoms with Crippen LogP contribution in [0.25, 0.3) is 0 Å². The van der Waals surface area contributed by atoms with E-state index in [-0.39, 0.29) is 11.3 Å². The topological polar surface area (TPSA) is 68.0 Å². The van der Waals surface area contributed by atoms with E-state index in [0.29, 0.717) is 31.1 Å². The summed E-state index contributed by atoms with van der Waals surface area (Å²) in [7, 11) is 0. The third-order valence-corrected chi connectivity index (χ3v) is 3.28. The van der Waals surface area contributed by atoms with Gasteiger partial charge in [-0.15, -0.1) is 0 Å². The molecule has 1 amide bonds. The van der Waals surface area contributed by atoms with Crippen LogP contribution in [-0.2, 0) is 23.1 Å². The lowest BCUT2D eigenvalue weighted by atomic mass is 9.96. The molecule has 0 spiro atoms. The highest BCUT2D eigenvalue weighted by Crippen LogP contribution is 2.18. The normalized spacial score (nSPS) is 11.4. The maximum absolute atomic E-state index is 11.8. The van der Waals surface area contributed by atoms with Gasteiger partial charge in [-0.2, -0.15) is 4.98 Å². The Morgan fingerprint density at radius 1 is 1.18 bits per heavy atom. The van der Waals surface area contributed by atoms with Crippen LogP contribution in [0.5, 0.6) is 0 Å². The van der Waals surface area contributed by atoms with Gasteiger partial charge >= 0.3 is 0 Å². The standard InChI is InChI=1S/C17H23N3O2/c1-17(2,3)16-19-15(22-20-16)10-9-14(21)18-12-11-13-7-5-4-6-8-13/h4-8H,9-12H2,1-3H3,(H,18,21). The van der Waals surface area contributed by atoms with Gasteiger partial charge in [0.15, 0.2) is 5.82 Å². The summed E-state index contributed by atoms with van der Waals surface area (Å²) in [6.07, 6.45) is 1.67. The fraction of sp³-hybridized carbons (Fsp3) is 0.471. The fourth-order valence-corrected chi connectivity index (χ4v) is 1.96. The Morgan fingerprint density at radius 2 is 1.91 bits per heavy atom. The lowest BCUT2D eigenvalue weighted by Crippen LogP contribution is -2.25. The molecule has 0 aliphatic carbocycles. The average molecular weight is 301 g/mol. The number of nitrogens with zero attached hydrogens (tertiary/aromatic N) is 2. The van der Waals surface area contributed by atoms with Gasteiger partial charge in [-0.1, -0.05) is 56.3 Å². The summed E-state index contributed by atoms with van der Waals surface area (Å²) in [6, 6.07) is 10.1. The molecule has 118 valence electrons. The SMILES string of the molecule is CC(C)(C)c1noc(CCC(=O)NCCc2ccccc2)n1. The quantitative estimate of drug-likeness (QED) is 0.890. The summed E-state index contributed by atoms with van der Waals surface area (Å²) >= 11 is 0. The van der Waals surface area contributed by atoms with E-state index >= 15 is 0 Å². The maximum Gasteiger partial charge on any atom is 0.227 e. The first-order valence-corrected chi connectivity index (χ1v) is 7.59. The van der Waals surface area contributed by atoms with Gasteiger partial charge in [-0.3, -0.25) is 4.79 Å². The molecule has 0 bridgehead atoms. The molecule has 0 saturated heterocycles. The van der Waals surface area contributed by atoms with Crippen LogP contribution in [0.3, 0.4) is 0 Å². The number of aromatic nitrogens is 2. The molecule has 2 rings (SSSR count). The molecule has 0 aliphatic heterocycles. The third kappa shape index (κ3) is 4.98. The third-order valence-electron chi connectivity index (χ3n) is 3.28. The lowest BCUT2D eigenvalue weighted by Gasteiger charge is -2.10. The molecule has 0 radical (unpaired) electrons. The molecule has 0 atom stereocenters. The predicted molar refractivity (Wildman–Crippen MR) is 84.5 cm³/mol. The van der Waals surface area contributed by atoms with Crippen LogP contribution in [0.2, 0.25) is 0 Å². The minimum atomic E-state index is -0.139. The van der Waals surface area contributed by atoms with Crippen molar-refractivity contribution in [2.45, 2.75) is 45.4 Å². The number of hydrogen-bond donors (Lipinski definition) is 1. The second kappa shape index (κ2) is 7.20. The van der Waals surface area contributed by atoms with Crippen molar-refractivity contribution in [3.8, 4) is 0 Å². The van der Waals surface area contributed by atoms with E-state index in [1.165, 1.54) is 5.56 Å². The van der Waals surface area contributed by atoms with Gasteiger partial charge in [0.05, 0.1) is 0 Å². The Labute approximate surface area is 131 Å². The van der Waals surface area contributed by atoms with Gasteiger partial charge in [-0.05, 0) is 12.0 Å². The fourth-order valence-electron chi connectivity index (χ4n) is 1.96. The summed E-state index contributed by atoms with van der Waals surface area (Å²) in [5.74, 6) is 1.20. The summed E-state index contributed by atoms with van der Waals surface area (Å²) in [4.78, 5) is 16.1. The lowest BCUT2D eigenvalue weighted by molar-refractivity contribution is -0.121. The zero-order chi connectivity index (χ0) is 16.0. The van der Waals surface area contributed by atoms with Gasteiger partial charge in [0.1, 0.15) is 0 Å². The molecule has 0 aliphatic rings. The molecule has 1 aromatic carbocycles. The Balaban J connectivity index is 1.70. The second-order valence-corrected chi connectivity index (χ2v) is 6.35. The van der Waals surface area contributed by atoms with E-state index in [1.54, 1.807) is 0 Å². The van der Waals surface area contributed by atoms with Crippen molar-refractivity contribution in [2.75, 3.05) is 6.54 Å². The first-order valence-electron chi connectivity index (χ1n) is 7.59. The zero-order valence-corrected chi connectivity index (χ0v) is 13.4. The molecule has 1 heterocycles. The van der Waals surface area contributed by atoms with Crippen LogP contribution in [0, 0.1) is 0 Å². The van der Waals surface area contributed by atoms with E-state index in [4.69, 9.17) is 4.52 Å². The largest absolute Gasteiger partial charge is 0.356 e. The molecule has 0 unspecified atom stereocenters. The molecule has 5 nitrogen and oxygen atoms in total. The minimum Gasteiger partial charge on any atom is -0.356 e. The van der Waals surface area contributed by atoms with Crippen molar-refractivity contribution in [3.05, 3.63) is 47.6 Å². The second-order valence-electron chi connectivity index (χ2n) is 6.35. The minimum absolute atomic E-state index is 0.00596. The first kappa shape index (κ1) is 16.2. The summed E-state index contributed by atoms with van der Waals surface area (Å²) in [5.41, 5.74) is 1.08. The molecular weight excluding hydrogens is 278 g/mol. The van der Waals surface area contributed by atoms with Gasteiger partial charge in [0.2, 0.25) is 11.8 Å². The van der Waals surface area contributed by atoms with Crippen LogP contribution in [0.15, 0.2) is 34.9 Å². The van der Waals surface area contributed by atoms with Crippen LogP contribution in [0.1, 0.15) is 44.5 Å². The molecular formula is C17H23N3O2. The van der Waals surface area contributed by atoms with Gasteiger partial charge in [-0.25, -0.2) is 0 Å². The summed E-state index contributed by atoms with van der Waals surface area (Å²) in [6.45, 7) is 6.72. The monoisotopic (exact) mass is 301 g/mol. The van der Waals surface area contributed by atoms with E-state index in [1.807, 2.05) is 39.0 Å². The number of aryl methyl sites for hydroxylation is 1. The molecule has 5 heteroatoms. The van der Waals surface area contributed by atoms with Crippen LogP contribution < -0.4 is 5.32 Å². The number of benzene rings is 1. The van der Waals surface area contributed by atoms with Crippen molar-refractivity contribution < 1.29 is 9.32 Å². The molecule has 2 aromatic rings. The number of rotatable bonds is 6. The number of hydrogen-bond acceptors (Lipinski definition) is 4. The highest BCUT2D eigenvalue weighted by atomic mass is 16.5. The average Bonchev–Trinajstić information content (AvgIpc) is 2.95. The number of nitrogens with one attached hydrogen (secondary N) is 1. The number of carbonyl (C=O) groups excluding carboxylic acids is 1. The van der Waals surface area contributed by atoms with E-state index in [2.05, 4.69) is 27.6 Å². The maximum atomic E-state index is 11.8. The number of carbonyl (C=O) groups is 1. The van der Waals surface area contributed by atoms with Crippen molar-refractivity contribution in [2.24, 2.45) is 0 Å². The molecule has 22 heavy (non-hydrogen) atoms. The van der Waals surface area contributed by atoms with Crippen LogP contribution in [0.4, 0.5) is 0 Å². The van der Waals surface area contributed by atoms with E-state index in [0.717, 1.165) is 6.42 Å². The summed E-state index contributed by atoms with van der Waals surface area (Å²) in [5, 5.41) is 6.86. The highest BCUT2D eigenvalue weighted by molar-refractivity contribution is 5.75. The van der Waals surface area contributed by atoms with Crippen LogP contribution in [-0.4, -0.2) is 22.6 Å². The smallest absolute Gasteiger partial charge is 0.227 e. The number of amides is 1. The van der Waals surface area contributed by atoms with Crippen LogP contribution >= 0.6 is 0 Å². The Morgan fingerprint density at radius 3 is 2.55 bits per heavy atom. The van der Waals surface area contributed by atoms with Crippen molar-refractivity contribution in [3.63, 3.8) is 0 Å². The van der Waals surface area contributed by atoms with Crippen molar-refractivity contribution >= 4 is 5.91 Å².